The molecule has 1 atom stereocenters. The van der Waals surface area contributed by atoms with Gasteiger partial charge < -0.3 is 10.6 Å². The smallest absolute Gasteiger partial charge is 0.227 e. The monoisotopic (exact) mass is 362 g/mol. The first kappa shape index (κ1) is 17.3. The molecule has 1 amide bonds. The molecule has 1 unspecified atom stereocenters. The highest BCUT2D eigenvalue weighted by Crippen LogP contribution is 2.31. The number of pyridine rings is 2. The lowest BCUT2D eigenvalue weighted by Gasteiger charge is -2.35. The number of rotatable bonds is 3. The van der Waals surface area contributed by atoms with Crippen LogP contribution in [0.25, 0.3) is 11.0 Å². The molecule has 0 radical (unpaired) electrons. The largest absolute Gasteiger partial charge is 0.383 e. The van der Waals surface area contributed by atoms with E-state index in [1.165, 1.54) is 0 Å². The Morgan fingerprint density at radius 1 is 1.15 bits per heavy atom. The summed E-state index contributed by atoms with van der Waals surface area (Å²) < 4.78 is 0. The topological polar surface area (TPSA) is 97.9 Å². The average molecular weight is 362 g/mol. The summed E-state index contributed by atoms with van der Waals surface area (Å²) in [7, 11) is 0. The number of hydrogen-bond acceptors (Lipinski definition) is 6. The molecule has 1 aliphatic heterocycles. The number of piperidine rings is 1. The molecule has 0 bridgehead atoms. The number of nitrogens with zero attached hydrogens (tertiary/aromatic N) is 5. The zero-order valence-electron chi connectivity index (χ0n) is 15.3. The first-order chi connectivity index (χ1) is 13.1. The molecule has 0 aromatic carbocycles. The van der Waals surface area contributed by atoms with E-state index < -0.39 is 0 Å². The minimum atomic E-state index is -0.0333. The minimum Gasteiger partial charge on any atom is -0.383 e. The molecule has 1 aliphatic rings. The van der Waals surface area contributed by atoms with E-state index in [-0.39, 0.29) is 11.9 Å². The summed E-state index contributed by atoms with van der Waals surface area (Å²) in [6.45, 7) is 2.55. The Morgan fingerprint density at radius 3 is 2.78 bits per heavy atom. The normalized spacial score (nSPS) is 17.2. The van der Waals surface area contributed by atoms with Gasteiger partial charge in [0, 0.05) is 18.9 Å². The summed E-state index contributed by atoms with van der Waals surface area (Å²) in [6, 6.07) is 7.59. The van der Waals surface area contributed by atoms with Gasteiger partial charge in [-0.15, -0.1) is 0 Å². The lowest BCUT2D eigenvalue weighted by atomic mass is 9.97. The van der Waals surface area contributed by atoms with E-state index in [1.807, 2.05) is 29.2 Å². The van der Waals surface area contributed by atoms with Crippen molar-refractivity contribution in [1.82, 2.24) is 24.8 Å². The Hall–Kier alpha value is -3.09. The Balaban J connectivity index is 1.64. The van der Waals surface area contributed by atoms with Gasteiger partial charge in [-0.2, -0.15) is 0 Å². The van der Waals surface area contributed by atoms with Crippen LogP contribution in [0.1, 0.15) is 42.4 Å². The van der Waals surface area contributed by atoms with Gasteiger partial charge in [-0.05, 0) is 56.0 Å². The number of anilines is 1. The maximum atomic E-state index is 13.0. The second-order valence-electron chi connectivity index (χ2n) is 6.89. The van der Waals surface area contributed by atoms with Crippen molar-refractivity contribution in [3.05, 3.63) is 53.7 Å². The number of fused-ring (bicyclic) bond motifs is 1. The van der Waals surface area contributed by atoms with Crippen LogP contribution < -0.4 is 5.73 Å². The van der Waals surface area contributed by atoms with Gasteiger partial charge in [0.25, 0.3) is 0 Å². The maximum absolute atomic E-state index is 13.0. The fraction of sp³-hybridized carbons (Fsp3) is 0.350. The molecule has 138 valence electrons. The molecule has 4 heterocycles. The molecule has 0 spiro atoms. The van der Waals surface area contributed by atoms with E-state index in [4.69, 9.17) is 10.7 Å². The van der Waals surface area contributed by atoms with Gasteiger partial charge in [-0.25, -0.2) is 15.0 Å². The number of nitrogen functional groups attached to an aromatic ring is 1. The molecule has 1 saturated heterocycles. The first-order valence-corrected chi connectivity index (χ1v) is 9.21. The van der Waals surface area contributed by atoms with Crippen molar-refractivity contribution in [2.75, 3.05) is 12.3 Å². The van der Waals surface area contributed by atoms with Gasteiger partial charge >= 0.3 is 0 Å². The minimum absolute atomic E-state index is 0.0333. The number of aromatic nitrogens is 4. The Morgan fingerprint density at radius 2 is 1.96 bits per heavy atom. The lowest BCUT2D eigenvalue weighted by Crippen LogP contribution is -2.39. The molecule has 27 heavy (non-hydrogen) atoms. The first-order valence-electron chi connectivity index (χ1n) is 9.21. The average Bonchev–Trinajstić information content (AvgIpc) is 2.68. The summed E-state index contributed by atoms with van der Waals surface area (Å²) in [5.74, 6) is 1.15. The number of amides is 1. The van der Waals surface area contributed by atoms with Crippen LogP contribution in [0.15, 0.2) is 36.7 Å². The van der Waals surface area contributed by atoms with Gasteiger partial charge in [0.1, 0.15) is 11.6 Å². The number of nitrogens with two attached hydrogens (primary N) is 1. The van der Waals surface area contributed by atoms with Gasteiger partial charge in [0.2, 0.25) is 5.91 Å². The molecule has 3 aromatic heterocycles. The van der Waals surface area contributed by atoms with Crippen LogP contribution in [0.2, 0.25) is 0 Å². The standard InChI is InChI=1S/C20H22N6O/c1-13-23-19(21)15-5-6-16(25-20(15)24-13)17-4-2-3-11-26(17)18(27)12-14-7-9-22-10-8-14/h5-10,17H,2-4,11-12H2,1H3,(H2,21,23,24,25). The van der Waals surface area contributed by atoms with E-state index in [0.717, 1.165) is 42.5 Å². The Kier molecular flexibility index (Phi) is 4.66. The van der Waals surface area contributed by atoms with Crippen LogP contribution in [-0.4, -0.2) is 37.3 Å². The molecule has 3 aromatic rings. The zero-order chi connectivity index (χ0) is 18.8. The van der Waals surface area contributed by atoms with E-state index in [9.17, 15) is 4.79 Å². The van der Waals surface area contributed by atoms with Gasteiger partial charge in [0.05, 0.1) is 23.5 Å². The molecular weight excluding hydrogens is 340 g/mol. The van der Waals surface area contributed by atoms with Gasteiger partial charge in [-0.3, -0.25) is 9.78 Å². The summed E-state index contributed by atoms with van der Waals surface area (Å²) >= 11 is 0. The highest BCUT2D eigenvalue weighted by atomic mass is 16.2. The fourth-order valence-corrected chi connectivity index (χ4v) is 3.66. The van der Waals surface area contributed by atoms with Crippen molar-refractivity contribution in [3.8, 4) is 0 Å². The summed E-state index contributed by atoms with van der Waals surface area (Å²) in [6.07, 6.45) is 6.80. The van der Waals surface area contributed by atoms with Crippen LogP contribution in [0.4, 0.5) is 5.82 Å². The Bertz CT molecular complexity index is 975. The van der Waals surface area contributed by atoms with Crippen molar-refractivity contribution in [2.24, 2.45) is 0 Å². The van der Waals surface area contributed by atoms with Crippen LogP contribution in [-0.2, 0) is 11.2 Å². The quantitative estimate of drug-likeness (QED) is 0.769. The predicted molar refractivity (Wildman–Crippen MR) is 103 cm³/mol. The third-order valence-corrected chi connectivity index (χ3v) is 4.99. The van der Waals surface area contributed by atoms with E-state index in [0.29, 0.717) is 23.7 Å². The van der Waals surface area contributed by atoms with Crippen molar-refractivity contribution in [1.29, 1.82) is 0 Å². The van der Waals surface area contributed by atoms with Crippen LogP contribution in [0, 0.1) is 6.92 Å². The zero-order valence-corrected chi connectivity index (χ0v) is 15.3. The molecule has 7 heteroatoms. The summed E-state index contributed by atoms with van der Waals surface area (Å²) in [5, 5.41) is 0.745. The van der Waals surface area contributed by atoms with Crippen LogP contribution >= 0.6 is 0 Å². The number of aryl methyl sites for hydroxylation is 1. The van der Waals surface area contributed by atoms with Crippen molar-refractivity contribution >= 4 is 22.8 Å². The van der Waals surface area contributed by atoms with Gasteiger partial charge in [0.15, 0.2) is 5.65 Å². The van der Waals surface area contributed by atoms with Crippen molar-refractivity contribution in [2.45, 2.75) is 38.6 Å². The molecule has 4 rings (SSSR count). The molecule has 1 fully saturated rings. The summed E-state index contributed by atoms with van der Waals surface area (Å²) in [4.78, 5) is 32.3. The van der Waals surface area contributed by atoms with Crippen LogP contribution in [0.5, 0.6) is 0 Å². The summed E-state index contributed by atoms with van der Waals surface area (Å²) in [5.41, 5.74) is 8.41. The van der Waals surface area contributed by atoms with Gasteiger partial charge in [-0.1, -0.05) is 0 Å². The molecule has 7 nitrogen and oxygen atoms in total. The van der Waals surface area contributed by atoms with Crippen molar-refractivity contribution < 1.29 is 4.79 Å². The number of likely N-dealkylation sites (tertiary alicyclic amines) is 1. The predicted octanol–water partition coefficient (Wildman–Crippen LogP) is 2.61. The SMILES string of the molecule is Cc1nc(N)c2ccc(C3CCCCN3C(=O)Cc3ccncc3)nc2n1. The second kappa shape index (κ2) is 7.26. The van der Waals surface area contributed by atoms with E-state index >= 15 is 0 Å². The third-order valence-electron chi connectivity index (χ3n) is 4.99. The third kappa shape index (κ3) is 3.58. The van der Waals surface area contributed by atoms with Crippen LogP contribution in [0.3, 0.4) is 0 Å². The molecule has 0 saturated carbocycles. The molecule has 0 aliphatic carbocycles. The number of hydrogen-bond donors (Lipinski definition) is 1. The second-order valence-corrected chi connectivity index (χ2v) is 6.89. The number of carbonyl (C=O) groups is 1. The molecular formula is C20H22N6O. The highest BCUT2D eigenvalue weighted by molar-refractivity contribution is 5.85. The maximum Gasteiger partial charge on any atom is 0.227 e. The fourth-order valence-electron chi connectivity index (χ4n) is 3.66. The lowest BCUT2D eigenvalue weighted by molar-refractivity contribution is -0.134. The van der Waals surface area contributed by atoms with Crippen molar-refractivity contribution in [3.63, 3.8) is 0 Å². The highest BCUT2D eigenvalue weighted by Gasteiger charge is 2.29. The Labute approximate surface area is 157 Å². The van der Waals surface area contributed by atoms with E-state index in [1.54, 1.807) is 19.3 Å². The number of carbonyl (C=O) groups excluding carboxylic acids is 1. The molecule has 2 N–H and O–H groups in total. The van der Waals surface area contributed by atoms with E-state index in [2.05, 4.69) is 15.0 Å².